The van der Waals surface area contributed by atoms with Crippen LogP contribution in [0.25, 0.3) is 0 Å². The maximum absolute atomic E-state index is 5.61. The Hall–Kier alpha value is 0.230. The number of nitrogens with zero attached hydrogens (tertiary/aromatic N) is 2. The molecular formula is C22H45IN4O2S. The molecule has 0 aromatic carbocycles. The van der Waals surface area contributed by atoms with Gasteiger partial charge in [0.25, 0.3) is 0 Å². The van der Waals surface area contributed by atoms with Crippen LogP contribution in [0.3, 0.4) is 0 Å². The Morgan fingerprint density at radius 2 is 1.63 bits per heavy atom. The van der Waals surface area contributed by atoms with Gasteiger partial charge in [-0.05, 0) is 31.4 Å². The van der Waals surface area contributed by atoms with Gasteiger partial charge >= 0.3 is 0 Å². The lowest BCUT2D eigenvalue weighted by atomic mass is 9.92. The van der Waals surface area contributed by atoms with E-state index in [0.29, 0.717) is 12.0 Å². The normalized spacial score (nSPS) is 21.2. The third-order valence-electron chi connectivity index (χ3n) is 6.31. The van der Waals surface area contributed by atoms with Gasteiger partial charge in [-0.25, -0.2) is 0 Å². The van der Waals surface area contributed by atoms with Crippen LogP contribution in [0.15, 0.2) is 4.99 Å². The Morgan fingerprint density at radius 1 is 1.00 bits per heavy atom. The standard InChI is InChI=1S/C22H44N4O2S.HI/c1-5-19(6-2)20(26-11-15-28-16-12-26)17-24-21(23-7-3)25-18-22(29-8-4)9-13-27-14-10-22;/h19-20H,5-18H2,1-4H3,(H2,23,24,25);1H. The molecule has 2 heterocycles. The smallest absolute Gasteiger partial charge is 0.191 e. The zero-order chi connectivity index (χ0) is 21.0. The maximum Gasteiger partial charge on any atom is 0.191 e. The molecular weight excluding hydrogens is 511 g/mol. The van der Waals surface area contributed by atoms with Gasteiger partial charge in [0.15, 0.2) is 5.96 Å². The summed E-state index contributed by atoms with van der Waals surface area (Å²) >= 11 is 2.05. The molecule has 2 N–H and O–H groups in total. The Morgan fingerprint density at radius 3 is 2.20 bits per heavy atom. The van der Waals surface area contributed by atoms with E-state index in [1.807, 2.05) is 0 Å². The number of nitrogens with one attached hydrogen (secondary N) is 2. The van der Waals surface area contributed by atoms with E-state index in [1.54, 1.807) is 0 Å². The summed E-state index contributed by atoms with van der Waals surface area (Å²) in [5.74, 6) is 2.79. The monoisotopic (exact) mass is 556 g/mol. The molecule has 2 aliphatic rings. The maximum atomic E-state index is 5.61. The van der Waals surface area contributed by atoms with Gasteiger partial charge in [0, 0.05) is 50.2 Å². The van der Waals surface area contributed by atoms with Crippen molar-refractivity contribution < 1.29 is 9.47 Å². The molecule has 2 fully saturated rings. The van der Waals surface area contributed by atoms with Crippen LogP contribution < -0.4 is 10.6 Å². The molecule has 8 heteroatoms. The first kappa shape index (κ1) is 28.3. The van der Waals surface area contributed by atoms with E-state index in [0.717, 1.165) is 83.7 Å². The van der Waals surface area contributed by atoms with Crippen LogP contribution in [0.4, 0.5) is 0 Å². The van der Waals surface area contributed by atoms with Crippen LogP contribution in [-0.4, -0.2) is 86.6 Å². The lowest BCUT2D eigenvalue weighted by Crippen LogP contribution is -2.53. The first-order valence-corrected chi connectivity index (χ1v) is 12.7. The highest BCUT2D eigenvalue weighted by molar-refractivity contribution is 14.0. The third-order valence-corrected chi connectivity index (χ3v) is 7.75. The average Bonchev–Trinajstić information content (AvgIpc) is 2.76. The topological polar surface area (TPSA) is 58.1 Å². The van der Waals surface area contributed by atoms with Crippen LogP contribution in [0, 0.1) is 5.92 Å². The highest BCUT2D eigenvalue weighted by Gasteiger charge is 2.33. The molecule has 0 spiro atoms. The highest BCUT2D eigenvalue weighted by atomic mass is 127. The van der Waals surface area contributed by atoms with Crippen molar-refractivity contribution in [3.8, 4) is 0 Å². The number of aliphatic imine (C=N–C) groups is 1. The van der Waals surface area contributed by atoms with Crippen molar-refractivity contribution >= 4 is 41.7 Å². The zero-order valence-electron chi connectivity index (χ0n) is 19.6. The van der Waals surface area contributed by atoms with Crippen LogP contribution in [-0.2, 0) is 9.47 Å². The molecule has 0 amide bonds. The summed E-state index contributed by atoms with van der Waals surface area (Å²) in [5, 5.41) is 7.15. The minimum atomic E-state index is 0. The van der Waals surface area contributed by atoms with Crippen molar-refractivity contribution in [1.29, 1.82) is 0 Å². The molecule has 30 heavy (non-hydrogen) atoms. The summed E-state index contributed by atoms with van der Waals surface area (Å²) in [4.78, 5) is 7.65. The van der Waals surface area contributed by atoms with Crippen molar-refractivity contribution in [3.63, 3.8) is 0 Å². The Kier molecular flexibility index (Phi) is 15.0. The molecule has 0 bridgehead atoms. The van der Waals surface area contributed by atoms with Gasteiger partial charge in [-0.1, -0.05) is 33.6 Å². The van der Waals surface area contributed by atoms with Gasteiger partial charge in [0.05, 0.1) is 19.8 Å². The van der Waals surface area contributed by atoms with Crippen molar-refractivity contribution in [3.05, 3.63) is 0 Å². The fraction of sp³-hybridized carbons (Fsp3) is 0.955. The summed E-state index contributed by atoms with van der Waals surface area (Å²) in [6, 6.07) is 0.528. The molecule has 0 aliphatic carbocycles. The second-order valence-electron chi connectivity index (χ2n) is 8.10. The van der Waals surface area contributed by atoms with Crippen LogP contribution >= 0.6 is 35.7 Å². The van der Waals surface area contributed by atoms with Crippen molar-refractivity contribution in [2.24, 2.45) is 10.9 Å². The predicted octanol–water partition coefficient (Wildman–Crippen LogP) is 3.60. The molecule has 178 valence electrons. The van der Waals surface area contributed by atoms with E-state index in [4.69, 9.17) is 14.5 Å². The molecule has 2 saturated heterocycles. The summed E-state index contributed by atoms with van der Waals surface area (Å²) in [6.45, 7) is 17.2. The molecule has 2 aliphatic heterocycles. The lowest BCUT2D eigenvalue weighted by Gasteiger charge is -2.39. The Bertz CT molecular complexity index is 463. The molecule has 0 saturated carbocycles. The number of morpholine rings is 1. The highest BCUT2D eigenvalue weighted by Crippen LogP contribution is 2.35. The number of rotatable bonds is 11. The van der Waals surface area contributed by atoms with E-state index < -0.39 is 0 Å². The third kappa shape index (κ3) is 9.00. The van der Waals surface area contributed by atoms with E-state index in [9.17, 15) is 0 Å². The second-order valence-corrected chi connectivity index (χ2v) is 9.83. The minimum Gasteiger partial charge on any atom is -0.381 e. The lowest BCUT2D eigenvalue weighted by molar-refractivity contribution is 0.00272. The molecule has 2 rings (SSSR count). The first-order chi connectivity index (χ1) is 14.2. The number of ether oxygens (including phenoxy) is 2. The van der Waals surface area contributed by atoms with Gasteiger partial charge in [-0.3, -0.25) is 9.89 Å². The van der Waals surface area contributed by atoms with Gasteiger partial charge in [0.2, 0.25) is 0 Å². The molecule has 6 nitrogen and oxygen atoms in total. The number of hydrogen-bond acceptors (Lipinski definition) is 5. The molecule has 0 radical (unpaired) electrons. The zero-order valence-corrected chi connectivity index (χ0v) is 22.7. The van der Waals surface area contributed by atoms with Gasteiger partial charge < -0.3 is 20.1 Å². The minimum absolute atomic E-state index is 0. The Balaban J connectivity index is 0.00000450. The largest absolute Gasteiger partial charge is 0.381 e. The van der Waals surface area contributed by atoms with Crippen LogP contribution in [0.2, 0.25) is 0 Å². The van der Waals surface area contributed by atoms with E-state index >= 15 is 0 Å². The van der Waals surface area contributed by atoms with Crippen molar-refractivity contribution in [1.82, 2.24) is 15.5 Å². The van der Waals surface area contributed by atoms with Crippen LogP contribution in [0.5, 0.6) is 0 Å². The SMILES string of the molecule is CCNC(=NCC1(SCC)CCOCC1)NCC(C(CC)CC)N1CCOCC1.I. The summed E-state index contributed by atoms with van der Waals surface area (Å²) in [6.07, 6.45) is 4.62. The second kappa shape index (κ2) is 15.9. The van der Waals surface area contributed by atoms with Gasteiger partial charge in [-0.15, -0.1) is 24.0 Å². The molecule has 0 aromatic heterocycles. The molecule has 0 aromatic rings. The van der Waals surface area contributed by atoms with Crippen molar-refractivity contribution in [2.45, 2.75) is 64.2 Å². The summed E-state index contributed by atoms with van der Waals surface area (Å²) in [7, 11) is 0. The molecule has 1 atom stereocenters. The fourth-order valence-electron chi connectivity index (χ4n) is 4.50. The molecule has 1 unspecified atom stereocenters. The number of hydrogen-bond donors (Lipinski definition) is 2. The number of halogens is 1. The van der Waals surface area contributed by atoms with E-state index in [2.05, 4.69) is 55.0 Å². The predicted molar refractivity (Wildman–Crippen MR) is 141 cm³/mol. The first-order valence-electron chi connectivity index (χ1n) is 11.7. The van der Waals surface area contributed by atoms with Crippen molar-refractivity contribution in [2.75, 3.05) is 64.9 Å². The van der Waals surface area contributed by atoms with Gasteiger partial charge in [-0.2, -0.15) is 11.8 Å². The quantitative estimate of drug-likeness (QED) is 0.231. The van der Waals surface area contributed by atoms with E-state index in [1.165, 1.54) is 12.8 Å². The van der Waals surface area contributed by atoms with Crippen LogP contribution in [0.1, 0.15) is 53.4 Å². The summed E-state index contributed by atoms with van der Waals surface area (Å²) < 4.78 is 11.4. The fourth-order valence-corrected chi connectivity index (χ4v) is 5.72. The Labute approximate surface area is 206 Å². The van der Waals surface area contributed by atoms with E-state index in [-0.39, 0.29) is 28.7 Å². The van der Waals surface area contributed by atoms with Gasteiger partial charge in [0.1, 0.15) is 0 Å². The number of thioether (sulfide) groups is 1. The summed E-state index contributed by atoms with van der Waals surface area (Å²) in [5.41, 5.74) is 0. The number of guanidine groups is 1. The average molecular weight is 557 g/mol.